The van der Waals surface area contributed by atoms with E-state index in [1.165, 1.54) is 12.1 Å². The Labute approximate surface area is 188 Å². The summed E-state index contributed by atoms with van der Waals surface area (Å²) in [5.74, 6) is -0.302. The molecule has 2 unspecified atom stereocenters. The number of nitrogens with one attached hydrogen (secondary N) is 2. The number of sulfone groups is 1. The Morgan fingerprint density at radius 1 is 1.06 bits per heavy atom. The van der Waals surface area contributed by atoms with E-state index in [9.17, 15) is 12.8 Å². The van der Waals surface area contributed by atoms with Crippen molar-refractivity contribution < 1.29 is 12.8 Å². The van der Waals surface area contributed by atoms with Gasteiger partial charge in [0, 0.05) is 45.0 Å². The van der Waals surface area contributed by atoms with Crippen LogP contribution in [0, 0.1) is 5.82 Å². The molecule has 0 spiro atoms. The minimum atomic E-state index is -3.55. The molecular formula is C24H27FN4O2S. The van der Waals surface area contributed by atoms with E-state index in [0.29, 0.717) is 37.6 Å². The third-order valence-corrected chi connectivity index (χ3v) is 7.79. The molecule has 168 valence electrons. The monoisotopic (exact) mass is 454 g/mol. The van der Waals surface area contributed by atoms with Crippen LogP contribution in [-0.4, -0.2) is 49.9 Å². The van der Waals surface area contributed by atoms with Gasteiger partial charge in [0.1, 0.15) is 11.2 Å². The summed E-state index contributed by atoms with van der Waals surface area (Å²) in [6.07, 6.45) is 1.74. The molecule has 0 saturated carbocycles. The summed E-state index contributed by atoms with van der Waals surface area (Å²) in [5, 5.41) is 6.03. The van der Waals surface area contributed by atoms with Crippen molar-refractivity contribution in [2.24, 2.45) is 0 Å². The van der Waals surface area contributed by atoms with Gasteiger partial charge in [0.2, 0.25) is 0 Å². The maximum absolute atomic E-state index is 13.5. The van der Waals surface area contributed by atoms with Gasteiger partial charge in [0.15, 0.2) is 9.84 Å². The molecule has 0 bridgehead atoms. The van der Waals surface area contributed by atoms with E-state index in [0.717, 1.165) is 11.3 Å². The number of nitrogens with zero attached hydrogens (tertiary/aromatic N) is 2. The first-order valence-electron chi connectivity index (χ1n) is 10.7. The van der Waals surface area contributed by atoms with Crippen LogP contribution in [0.1, 0.15) is 17.3 Å². The second kappa shape index (κ2) is 10.3. The first-order chi connectivity index (χ1) is 15.5. The van der Waals surface area contributed by atoms with Gasteiger partial charge in [-0.1, -0.05) is 36.4 Å². The molecule has 2 aromatic carbocycles. The van der Waals surface area contributed by atoms with Crippen LogP contribution in [0.5, 0.6) is 0 Å². The van der Waals surface area contributed by atoms with Crippen molar-refractivity contribution in [1.82, 2.24) is 20.5 Å². The summed E-state index contributed by atoms with van der Waals surface area (Å²) >= 11 is 0. The average Bonchev–Trinajstić information content (AvgIpc) is 2.84. The highest BCUT2D eigenvalue weighted by Crippen LogP contribution is 2.24. The van der Waals surface area contributed by atoms with E-state index in [1.807, 2.05) is 29.2 Å². The molecule has 2 atom stereocenters. The van der Waals surface area contributed by atoms with Gasteiger partial charge in [-0.15, -0.1) is 0 Å². The summed E-state index contributed by atoms with van der Waals surface area (Å²) in [7, 11) is -3.55. The van der Waals surface area contributed by atoms with Crippen LogP contribution in [0.25, 0.3) is 0 Å². The first-order valence-corrected chi connectivity index (χ1v) is 12.2. The van der Waals surface area contributed by atoms with E-state index in [1.54, 1.807) is 42.6 Å². The maximum Gasteiger partial charge on any atom is 0.195 e. The highest BCUT2D eigenvalue weighted by atomic mass is 32.2. The predicted molar refractivity (Wildman–Crippen MR) is 122 cm³/mol. The quantitative estimate of drug-likeness (QED) is 0.545. The lowest BCUT2D eigenvalue weighted by Crippen LogP contribution is -2.56. The Morgan fingerprint density at radius 2 is 1.81 bits per heavy atom. The average molecular weight is 455 g/mol. The molecule has 0 amide bonds. The molecule has 0 radical (unpaired) electrons. The molecule has 2 N–H and O–H groups in total. The van der Waals surface area contributed by atoms with Crippen molar-refractivity contribution in [1.29, 1.82) is 0 Å². The summed E-state index contributed by atoms with van der Waals surface area (Å²) < 4.78 is 40.3. The van der Waals surface area contributed by atoms with Gasteiger partial charge in [0.25, 0.3) is 0 Å². The molecule has 1 aliphatic heterocycles. The highest BCUT2D eigenvalue weighted by molar-refractivity contribution is 7.92. The number of halogens is 1. The number of rotatable bonds is 8. The molecule has 8 heteroatoms. The molecule has 6 nitrogen and oxygen atoms in total. The molecule has 2 heterocycles. The van der Waals surface area contributed by atoms with Crippen molar-refractivity contribution in [3.8, 4) is 0 Å². The predicted octanol–water partition coefficient (Wildman–Crippen LogP) is 2.76. The normalized spacial score (nSPS) is 18.3. The Hall–Kier alpha value is -2.65. The van der Waals surface area contributed by atoms with Crippen LogP contribution in [0.4, 0.5) is 4.39 Å². The fraction of sp³-hybridized carbons (Fsp3) is 0.292. The lowest BCUT2D eigenvalue weighted by Gasteiger charge is -2.38. The van der Waals surface area contributed by atoms with Crippen LogP contribution in [0.15, 0.2) is 83.9 Å². The van der Waals surface area contributed by atoms with Crippen LogP contribution >= 0.6 is 0 Å². The van der Waals surface area contributed by atoms with Crippen LogP contribution in [0.2, 0.25) is 0 Å². The molecule has 32 heavy (non-hydrogen) atoms. The number of hydrogen-bond donors (Lipinski definition) is 2. The SMILES string of the molecule is O=S(=O)(c1ccccc1)C1CNCCN1CC(NCc1ccccn1)c1ccc(F)cc1. The highest BCUT2D eigenvalue weighted by Gasteiger charge is 2.36. The molecule has 3 aromatic rings. The fourth-order valence-electron chi connectivity index (χ4n) is 3.95. The molecule has 1 fully saturated rings. The fourth-order valence-corrected chi connectivity index (χ4v) is 5.72. The van der Waals surface area contributed by atoms with Crippen LogP contribution < -0.4 is 10.6 Å². The number of aromatic nitrogens is 1. The van der Waals surface area contributed by atoms with Gasteiger partial charge in [-0.3, -0.25) is 9.88 Å². The third kappa shape index (κ3) is 5.39. The third-order valence-electron chi connectivity index (χ3n) is 5.68. The number of piperazine rings is 1. The summed E-state index contributed by atoms with van der Waals surface area (Å²) in [4.78, 5) is 6.67. The number of pyridine rings is 1. The number of hydrogen-bond acceptors (Lipinski definition) is 6. The van der Waals surface area contributed by atoms with E-state index in [4.69, 9.17) is 0 Å². The zero-order chi connectivity index (χ0) is 22.4. The van der Waals surface area contributed by atoms with Gasteiger partial charge in [-0.05, 0) is 42.0 Å². The lowest BCUT2D eigenvalue weighted by atomic mass is 10.1. The topological polar surface area (TPSA) is 74.3 Å². The minimum absolute atomic E-state index is 0.191. The number of benzene rings is 2. The Kier molecular flexibility index (Phi) is 7.26. The summed E-state index contributed by atoms with van der Waals surface area (Å²) in [6, 6.07) is 20.4. The van der Waals surface area contributed by atoms with Crippen LogP contribution in [0.3, 0.4) is 0 Å². The molecule has 0 aliphatic carbocycles. The van der Waals surface area contributed by atoms with Gasteiger partial charge in [-0.25, -0.2) is 12.8 Å². The van der Waals surface area contributed by atoms with Crippen LogP contribution in [-0.2, 0) is 16.4 Å². The molecule has 1 aromatic heterocycles. The Morgan fingerprint density at radius 3 is 2.53 bits per heavy atom. The molecule has 1 aliphatic rings. The van der Waals surface area contributed by atoms with E-state index < -0.39 is 15.2 Å². The van der Waals surface area contributed by atoms with Crippen molar-refractivity contribution >= 4 is 9.84 Å². The maximum atomic E-state index is 13.5. The van der Waals surface area contributed by atoms with Gasteiger partial charge >= 0.3 is 0 Å². The lowest BCUT2D eigenvalue weighted by molar-refractivity contribution is 0.188. The standard InChI is InChI=1S/C24H27FN4O2S/c25-20-11-9-19(10-12-20)23(28-16-21-6-4-5-13-27-21)18-29-15-14-26-17-24(29)32(30,31)22-7-2-1-3-8-22/h1-13,23-24,26,28H,14-18H2. The molecule has 4 rings (SSSR count). The van der Waals surface area contributed by atoms with Crippen molar-refractivity contribution in [2.45, 2.75) is 22.9 Å². The van der Waals surface area contributed by atoms with Gasteiger partial charge in [0.05, 0.1) is 10.6 Å². The zero-order valence-corrected chi connectivity index (χ0v) is 18.5. The molecular weight excluding hydrogens is 427 g/mol. The molecule has 1 saturated heterocycles. The minimum Gasteiger partial charge on any atom is -0.313 e. The van der Waals surface area contributed by atoms with E-state index in [-0.39, 0.29) is 11.9 Å². The van der Waals surface area contributed by atoms with Crippen molar-refractivity contribution in [3.05, 3.63) is 96.1 Å². The zero-order valence-electron chi connectivity index (χ0n) is 17.7. The van der Waals surface area contributed by atoms with E-state index in [2.05, 4.69) is 15.6 Å². The largest absolute Gasteiger partial charge is 0.313 e. The van der Waals surface area contributed by atoms with Gasteiger partial charge in [-0.2, -0.15) is 0 Å². The second-order valence-electron chi connectivity index (χ2n) is 7.82. The van der Waals surface area contributed by atoms with E-state index >= 15 is 0 Å². The van der Waals surface area contributed by atoms with Crippen molar-refractivity contribution in [3.63, 3.8) is 0 Å². The Bertz CT molecular complexity index is 1100. The Balaban J connectivity index is 1.58. The van der Waals surface area contributed by atoms with Gasteiger partial charge < -0.3 is 10.6 Å². The summed E-state index contributed by atoms with van der Waals surface area (Å²) in [6.45, 7) is 2.65. The second-order valence-corrected chi connectivity index (χ2v) is 9.92. The van der Waals surface area contributed by atoms with Crippen molar-refractivity contribution in [2.75, 3.05) is 26.2 Å². The first kappa shape index (κ1) is 22.5. The smallest absolute Gasteiger partial charge is 0.195 e. The summed E-state index contributed by atoms with van der Waals surface area (Å²) in [5.41, 5.74) is 1.78.